The van der Waals surface area contributed by atoms with Crippen LogP contribution in [0.2, 0.25) is 0 Å². The third kappa shape index (κ3) is 4.36. The fraction of sp³-hybridized carbons (Fsp3) is 0.389. The van der Waals surface area contributed by atoms with Crippen molar-refractivity contribution < 1.29 is 19.4 Å². The highest BCUT2D eigenvalue weighted by molar-refractivity contribution is 5.85. The first-order valence-electron chi connectivity index (χ1n) is 7.68. The predicted octanol–water partition coefficient (Wildman–Crippen LogP) is 3.16. The molecule has 1 aromatic carbocycles. The van der Waals surface area contributed by atoms with Crippen molar-refractivity contribution in [2.45, 2.75) is 33.1 Å². The van der Waals surface area contributed by atoms with E-state index in [1.54, 1.807) is 18.2 Å². The standard InChI is InChI=1S/C18H22O5/c1-12(2)5-7-15-17(20)14-8-6-13(22-10-4-3-9-19)11-16(14)23-18(15)21/h5-6,8,11,19-20H,3-4,7,9-10H2,1-2H3. The molecule has 0 radical (unpaired) electrons. The monoisotopic (exact) mass is 318 g/mol. The molecule has 5 nitrogen and oxygen atoms in total. The number of aromatic hydroxyl groups is 1. The summed E-state index contributed by atoms with van der Waals surface area (Å²) in [4.78, 5) is 12.1. The first-order chi connectivity index (χ1) is 11.0. The van der Waals surface area contributed by atoms with Crippen molar-refractivity contribution in [3.05, 3.63) is 45.8 Å². The summed E-state index contributed by atoms with van der Waals surface area (Å²) in [5, 5.41) is 19.5. The van der Waals surface area contributed by atoms with E-state index in [9.17, 15) is 9.90 Å². The Hall–Kier alpha value is -2.27. The van der Waals surface area contributed by atoms with Gasteiger partial charge in [0.05, 0.1) is 17.6 Å². The summed E-state index contributed by atoms with van der Waals surface area (Å²) in [6.45, 7) is 4.47. The van der Waals surface area contributed by atoms with Crippen LogP contribution in [0.15, 0.2) is 39.1 Å². The Morgan fingerprint density at radius 3 is 2.78 bits per heavy atom. The number of hydrogen-bond donors (Lipinski definition) is 2. The van der Waals surface area contributed by atoms with Gasteiger partial charge in [-0.3, -0.25) is 0 Å². The van der Waals surface area contributed by atoms with Crippen LogP contribution >= 0.6 is 0 Å². The minimum atomic E-state index is -0.537. The normalized spacial score (nSPS) is 10.7. The lowest BCUT2D eigenvalue weighted by molar-refractivity contribution is 0.253. The molecular weight excluding hydrogens is 296 g/mol. The summed E-state index contributed by atoms with van der Waals surface area (Å²) < 4.78 is 10.9. The zero-order chi connectivity index (χ0) is 16.8. The van der Waals surface area contributed by atoms with Gasteiger partial charge in [0.15, 0.2) is 0 Å². The molecule has 23 heavy (non-hydrogen) atoms. The molecule has 0 bridgehead atoms. The highest BCUT2D eigenvalue weighted by Gasteiger charge is 2.13. The van der Waals surface area contributed by atoms with Crippen molar-refractivity contribution >= 4 is 11.0 Å². The van der Waals surface area contributed by atoms with Crippen molar-refractivity contribution in [3.63, 3.8) is 0 Å². The van der Waals surface area contributed by atoms with Crippen LogP contribution in [0.4, 0.5) is 0 Å². The Bertz CT molecular complexity index is 754. The Balaban J connectivity index is 2.29. The minimum absolute atomic E-state index is 0.0411. The maximum Gasteiger partial charge on any atom is 0.343 e. The van der Waals surface area contributed by atoms with Gasteiger partial charge in [-0.15, -0.1) is 0 Å². The Morgan fingerprint density at radius 1 is 1.30 bits per heavy atom. The average molecular weight is 318 g/mol. The number of benzene rings is 1. The van der Waals surface area contributed by atoms with Gasteiger partial charge in [-0.05, 0) is 38.8 Å². The molecule has 0 aliphatic rings. The van der Waals surface area contributed by atoms with Crippen LogP contribution < -0.4 is 10.4 Å². The molecule has 0 unspecified atom stereocenters. The Morgan fingerprint density at radius 2 is 2.09 bits per heavy atom. The second kappa shape index (κ2) is 7.83. The largest absolute Gasteiger partial charge is 0.507 e. The molecule has 2 rings (SSSR count). The number of aliphatic hydroxyl groups is 1. The van der Waals surface area contributed by atoms with Crippen LogP contribution in [-0.4, -0.2) is 23.4 Å². The molecule has 0 spiro atoms. The maximum absolute atomic E-state index is 12.1. The zero-order valence-electron chi connectivity index (χ0n) is 13.5. The van der Waals surface area contributed by atoms with Crippen LogP contribution in [0.1, 0.15) is 32.3 Å². The van der Waals surface area contributed by atoms with E-state index < -0.39 is 5.63 Å². The number of fused-ring (bicyclic) bond motifs is 1. The first-order valence-corrected chi connectivity index (χ1v) is 7.68. The molecule has 0 aliphatic carbocycles. The van der Waals surface area contributed by atoms with Crippen LogP contribution in [0.5, 0.6) is 11.5 Å². The van der Waals surface area contributed by atoms with Crippen molar-refractivity contribution in [3.8, 4) is 11.5 Å². The lowest BCUT2D eigenvalue weighted by Crippen LogP contribution is -2.07. The smallest absolute Gasteiger partial charge is 0.343 e. The summed E-state index contributed by atoms with van der Waals surface area (Å²) >= 11 is 0. The van der Waals surface area contributed by atoms with Crippen LogP contribution in [0.25, 0.3) is 11.0 Å². The number of rotatable bonds is 7. The fourth-order valence-electron chi connectivity index (χ4n) is 2.18. The number of hydrogen-bond acceptors (Lipinski definition) is 5. The van der Waals surface area contributed by atoms with Crippen LogP contribution in [0, 0.1) is 0 Å². The van der Waals surface area contributed by atoms with Crippen LogP contribution in [-0.2, 0) is 6.42 Å². The number of allylic oxidation sites excluding steroid dienone is 2. The SMILES string of the molecule is CC(C)=CCc1c(O)c2ccc(OCCCCO)cc2oc1=O. The van der Waals surface area contributed by atoms with E-state index in [4.69, 9.17) is 14.3 Å². The topological polar surface area (TPSA) is 79.9 Å². The molecule has 0 aliphatic heterocycles. The molecule has 0 saturated carbocycles. The molecule has 0 saturated heterocycles. The summed E-state index contributed by atoms with van der Waals surface area (Å²) in [5.41, 5.74) is 1.09. The summed E-state index contributed by atoms with van der Waals surface area (Å²) in [6, 6.07) is 5.01. The van der Waals surface area contributed by atoms with Crippen molar-refractivity contribution in [2.75, 3.05) is 13.2 Å². The first kappa shape index (κ1) is 17.1. The molecule has 2 N–H and O–H groups in total. The van der Waals surface area contributed by atoms with E-state index in [2.05, 4.69) is 0 Å². The van der Waals surface area contributed by atoms with E-state index in [1.807, 2.05) is 19.9 Å². The highest BCUT2D eigenvalue weighted by Crippen LogP contribution is 2.29. The predicted molar refractivity (Wildman–Crippen MR) is 89.1 cm³/mol. The molecule has 2 aromatic rings. The lowest BCUT2D eigenvalue weighted by atomic mass is 10.1. The van der Waals surface area contributed by atoms with Gasteiger partial charge in [-0.2, -0.15) is 0 Å². The van der Waals surface area contributed by atoms with Gasteiger partial charge in [0.1, 0.15) is 17.1 Å². The zero-order valence-corrected chi connectivity index (χ0v) is 13.5. The second-order valence-electron chi connectivity index (χ2n) is 5.64. The van der Waals surface area contributed by atoms with Crippen LogP contribution in [0.3, 0.4) is 0 Å². The van der Waals surface area contributed by atoms with E-state index in [1.165, 1.54) is 0 Å². The maximum atomic E-state index is 12.1. The van der Waals surface area contributed by atoms with Gasteiger partial charge in [-0.1, -0.05) is 11.6 Å². The van der Waals surface area contributed by atoms with E-state index in [0.717, 1.165) is 12.0 Å². The fourth-order valence-corrected chi connectivity index (χ4v) is 2.18. The van der Waals surface area contributed by atoms with Gasteiger partial charge < -0.3 is 19.4 Å². The molecule has 0 atom stereocenters. The molecule has 0 amide bonds. The van der Waals surface area contributed by atoms with E-state index in [-0.39, 0.29) is 17.9 Å². The Kier molecular flexibility index (Phi) is 5.82. The van der Waals surface area contributed by atoms with Crippen molar-refractivity contribution in [2.24, 2.45) is 0 Å². The summed E-state index contributed by atoms with van der Waals surface area (Å²) in [7, 11) is 0. The summed E-state index contributed by atoms with van der Waals surface area (Å²) in [6.07, 6.45) is 3.63. The molecular formula is C18H22O5. The van der Waals surface area contributed by atoms with E-state index >= 15 is 0 Å². The molecule has 5 heteroatoms. The summed E-state index contributed by atoms with van der Waals surface area (Å²) in [5.74, 6) is 0.524. The third-order valence-electron chi connectivity index (χ3n) is 3.48. The number of ether oxygens (including phenoxy) is 1. The van der Waals surface area contributed by atoms with Crippen molar-refractivity contribution in [1.82, 2.24) is 0 Å². The van der Waals surface area contributed by atoms with E-state index in [0.29, 0.717) is 36.2 Å². The van der Waals surface area contributed by atoms with Crippen molar-refractivity contribution in [1.29, 1.82) is 0 Å². The molecule has 124 valence electrons. The van der Waals surface area contributed by atoms with Gasteiger partial charge in [0.25, 0.3) is 0 Å². The number of unbranched alkanes of at least 4 members (excludes halogenated alkanes) is 1. The van der Waals surface area contributed by atoms with Gasteiger partial charge >= 0.3 is 5.63 Å². The lowest BCUT2D eigenvalue weighted by Gasteiger charge is -2.08. The second-order valence-corrected chi connectivity index (χ2v) is 5.64. The number of aliphatic hydroxyl groups excluding tert-OH is 1. The quantitative estimate of drug-likeness (QED) is 0.466. The third-order valence-corrected chi connectivity index (χ3v) is 3.48. The molecule has 1 heterocycles. The van der Waals surface area contributed by atoms with Gasteiger partial charge in [0, 0.05) is 19.1 Å². The average Bonchev–Trinajstić information content (AvgIpc) is 2.51. The van der Waals surface area contributed by atoms with Gasteiger partial charge in [0.2, 0.25) is 0 Å². The minimum Gasteiger partial charge on any atom is -0.507 e. The molecule has 1 aromatic heterocycles. The highest BCUT2D eigenvalue weighted by atomic mass is 16.5. The van der Waals surface area contributed by atoms with Gasteiger partial charge in [-0.25, -0.2) is 4.79 Å². The Labute approximate surface area is 134 Å². The molecule has 0 fully saturated rings.